The Morgan fingerprint density at radius 2 is 1.43 bits per heavy atom. The van der Waals surface area contributed by atoms with Crippen LogP contribution in [0.5, 0.6) is 0 Å². The van der Waals surface area contributed by atoms with Crippen LogP contribution in [-0.4, -0.2) is 30.0 Å². The predicted octanol–water partition coefficient (Wildman–Crippen LogP) is 10.5. The van der Waals surface area contributed by atoms with Crippen molar-refractivity contribution in [2.75, 3.05) is 17.7 Å². The molecule has 7 nitrogen and oxygen atoms in total. The number of aryl methyl sites for hydroxylation is 5. The zero-order valence-electron chi connectivity index (χ0n) is 31.2. The Labute approximate surface area is 308 Å². The van der Waals surface area contributed by atoms with E-state index < -0.39 is 0 Å². The van der Waals surface area contributed by atoms with Gasteiger partial charge in [0.1, 0.15) is 5.01 Å². The van der Waals surface area contributed by atoms with E-state index >= 15 is 0 Å². The van der Waals surface area contributed by atoms with Gasteiger partial charge in [-0.25, -0.2) is 9.78 Å². The van der Waals surface area contributed by atoms with Crippen LogP contribution < -0.4 is 21.3 Å². The van der Waals surface area contributed by atoms with Crippen LogP contribution in [0, 0.1) is 41.5 Å². The average Bonchev–Trinajstić information content (AvgIpc) is 3.67. The Balaban J connectivity index is 0.000000181. The van der Waals surface area contributed by atoms with E-state index in [1.165, 1.54) is 47.1 Å². The molecule has 1 saturated carbocycles. The van der Waals surface area contributed by atoms with E-state index in [2.05, 4.69) is 72.1 Å². The van der Waals surface area contributed by atoms with Crippen molar-refractivity contribution in [2.24, 2.45) is 0 Å². The van der Waals surface area contributed by atoms with Gasteiger partial charge in [-0.05, 0) is 131 Å². The normalized spacial score (nSPS) is 12.5. The van der Waals surface area contributed by atoms with Gasteiger partial charge in [0.2, 0.25) is 0 Å². The summed E-state index contributed by atoms with van der Waals surface area (Å²) in [4.78, 5) is 28.5. The van der Waals surface area contributed by atoms with Gasteiger partial charge in [0.15, 0.2) is 0 Å². The summed E-state index contributed by atoms with van der Waals surface area (Å²) < 4.78 is 0. The molecule has 0 bridgehead atoms. The lowest BCUT2D eigenvalue weighted by atomic mass is 9.96. The third-order valence-electron chi connectivity index (χ3n) is 9.34. The number of carbonyl (C=O) groups is 2. The van der Waals surface area contributed by atoms with Gasteiger partial charge in [-0.2, -0.15) is 0 Å². The van der Waals surface area contributed by atoms with Crippen LogP contribution in [0.25, 0.3) is 10.6 Å². The van der Waals surface area contributed by atoms with Crippen LogP contribution in [0.3, 0.4) is 0 Å². The minimum atomic E-state index is -0.0978. The summed E-state index contributed by atoms with van der Waals surface area (Å²) in [7, 11) is 1.97. The molecule has 1 fully saturated rings. The third kappa shape index (κ3) is 12.2. The molecular weight excluding hydrogens is 651 g/mol. The topological polar surface area (TPSA) is 95.1 Å². The summed E-state index contributed by atoms with van der Waals surface area (Å²) in [6.45, 7) is 13.4. The zero-order chi connectivity index (χ0) is 36.8. The minimum absolute atomic E-state index is 0.0786. The molecule has 1 aliphatic carbocycles. The van der Waals surface area contributed by atoms with Crippen LogP contribution in [-0.2, 0) is 6.54 Å². The first-order valence-electron chi connectivity index (χ1n) is 17.8. The molecule has 0 radical (unpaired) electrons. The average molecular weight is 704 g/mol. The van der Waals surface area contributed by atoms with E-state index in [0.29, 0.717) is 11.6 Å². The van der Waals surface area contributed by atoms with Gasteiger partial charge in [-0.1, -0.05) is 67.8 Å². The molecule has 0 aliphatic heterocycles. The molecule has 1 aliphatic rings. The van der Waals surface area contributed by atoms with Gasteiger partial charge >= 0.3 is 6.03 Å². The first-order chi connectivity index (χ1) is 24.5. The number of hydrogen-bond acceptors (Lipinski definition) is 5. The molecule has 4 N–H and O–H groups in total. The SMILES string of the molecule is CNCc1ccc(C)c(C)c1.Cc1ccc(NC(=O)NC2CCCCC2)cc1C.Cc1cccc(NC(=O)c2ccc(-c3nccs3)cc2)c1C. The summed E-state index contributed by atoms with van der Waals surface area (Å²) in [5, 5.41) is 15.0. The van der Waals surface area contributed by atoms with E-state index in [1.807, 2.05) is 86.9 Å². The number of thiazole rings is 1. The molecule has 3 amide bonds. The molecule has 51 heavy (non-hydrogen) atoms. The van der Waals surface area contributed by atoms with Crippen LogP contribution in [0.4, 0.5) is 16.2 Å². The van der Waals surface area contributed by atoms with E-state index in [1.54, 1.807) is 17.5 Å². The number of anilines is 2. The quantitative estimate of drug-likeness (QED) is 0.136. The lowest BCUT2D eigenvalue weighted by molar-refractivity contribution is 0.102. The number of aromatic nitrogens is 1. The number of nitrogens with one attached hydrogen (secondary N) is 4. The summed E-state index contributed by atoms with van der Waals surface area (Å²) in [6.07, 6.45) is 7.77. The first kappa shape index (κ1) is 39.0. The Kier molecular flexibility index (Phi) is 15.0. The highest BCUT2D eigenvalue weighted by Crippen LogP contribution is 2.23. The van der Waals surface area contributed by atoms with E-state index in [0.717, 1.165) is 52.5 Å². The summed E-state index contributed by atoms with van der Waals surface area (Å²) in [5.41, 5.74) is 12.2. The molecule has 1 heterocycles. The third-order valence-corrected chi connectivity index (χ3v) is 10.2. The molecule has 1 aromatic heterocycles. The summed E-state index contributed by atoms with van der Waals surface area (Å²) in [6, 6.07) is 26.2. The molecule has 0 unspecified atom stereocenters. The number of amides is 3. The predicted molar refractivity (Wildman–Crippen MR) is 215 cm³/mol. The Morgan fingerprint density at radius 1 is 0.745 bits per heavy atom. The van der Waals surface area contributed by atoms with Crippen LogP contribution >= 0.6 is 11.3 Å². The van der Waals surface area contributed by atoms with Gasteiger partial charge in [-0.15, -0.1) is 11.3 Å². The van der Waals surface area contributed by atoms with E-state index in [9.17, 15) is 9.59 Å². The molecule has 6 rings (SSSR count). The van der Waals surface area contributed by atoms with Gasteiger partial charge in [-0.3, -0.25) is 4.79 Å². The van der Waals surface area contributed by atoms with Crippen LogP contribution in [0.1, 0.15) is 81.4 Å². The number of carbonyl (C=O) groups excluding carboxylic acids is 2. The Hall–Kier alpha value is -4.79. The van der Waals surface area contributed by atoms with Crippen molar-refractivity contribution in [3.8, 4) is 10.6 Å². The molecule has 0 spiro atoms. The second kappa shape index (κ2) is 19.6. The number of hydrogen-bond donors (Lipinski definition) is 4. The standard InChI is InChI=1S/C18H16N2OS.C15H22N2O.C10H15N/c1-12-4-3-5-16(13(12)2)20-17(21)14-6-8-15(9-7-14)18-19-10-11-22-18;1-11-8-9-14(10-12(11)2)17-15(18)16-13-6-4-3-5-7-13;1-8-4-5-10(7-11-3)6-9(8)2/h3-11H,1-2H3,(H,20,21);8-10,13H,3-7H2,1-2H3,(H2,16,17,18);4-6,11H,7H2,1-3H3. The lowest BCUT2D eigenvalue weighted by Crippen LogP contribution is -2.39. The van der Waals surface area contributed by atoms with Gasteiger partial charge in [0.25, 0.3) is 5.91 Å². The Bertz CT molecular complexity index is 1860. The Morgan fingerprint density at radius 3 is 2.06 bits per heavy atom. The molecule has 5 aromatic rings. The second-order valence-electron chi connectivity index (χ2n) is 13.3. The molecule has 8 heteroatoms. The zero-order valence-corrected chi connectivity index (χ0v) is 32.0. The largest absolute Gasteiger partial charge is 0.335 e. The van der Waals surface area contributed by atoms with Crippen molar-refractivity contribution in [1.29, 1.82) is 0 Å². The van der Waals surface area contributed by atoms with Crippen LogP contribution in [0.2, 0.25) is 0 Å². The molecular formula is C43H53N5O2S. The van der Waals surface area contributed by atoms with Crippen molar-refractivity contribution < 1.29 is 9.59 Å². The van der Waals surface area contributed by atoms with Crippen molar-refractivity contribution in [3.05, 3.63) is 135 Å². The highest BCUT2D eigenvalue weighted by Gasteiger charge is 2.15. The molecule has 0 atom stereocenters. The summed E-state index contributed by atoms with van der Waals surface area (Å²) >= 11 is 1.58. The van der Waals surface area contributed by atoms with Crippen molar-refractivity contribution >= 4 is 34.6 Å². The fourth-order valence-corrected chi connectivity index (χ4v) is 6.39. The molecule has 4 aromatic carbocycles. The van der Waals surface area contributed by atoms with Crippen molar-refractivity contribution in [1.82, 2.24) is 15.6 Å². The molecule has 268 valence electrons. The fourth-order valence-electron chi connectivity index (χ4n) is 5.75. The smallest absolute Gasteiger partial charge is 0.319 e. The van der Waals surface area contributed by atoms with Crippen molar-refractivity contribution in [2.45, 2.75) is 86.2 Å². The maximum absolute atomic E-state index is 12.4. The second-order valence-corrected chi connectivity index (χ2v) is 14.2. The number of rotatable bonds is 7. The number of nitrogens with zero attached hydrogens (tertiary/aromatic N) is 1. The van der Waals surface area contributed by atoms with Crippen molar-refractivity contribution in [3.63, 3.8) is 0 Å². The van der Waals surface area contributed by atoms with Crippen LogP contribution in [0.15, 0.2) is 90.4 Å². The highest BCUT2D eigenvalue weighted by molar-refractivity contribution is 7.13. The molecule has 0 saturated heterocycles. The number of urea groups is 1. The lowest BCUT2D eigenvalue weighted by Gasteiger charge is -2.22. The fraction of sp³-hybridized carbons (Fsp3) is 0.326. The minimum Gasteiger partial charge on any atom is -0.335 e. The highest BCUT2D eigenvalue weighted by atomic mass is 32.1. The maximum Gasteiger partial charge on any atom is 0.319 e. The monoisotopic (exact) mass is 703 g/mol. The van der Waals surface area contributed by atoms with Gasteiger partial charge in [0, 0.05) is 46.7 Å². The summed E-state index contributed by atoms with van der Waals surface area (Å²) in [5.74, 6) is -0.0978. The number of benzene rings is 4. The maximum atomic E-state index is 12.4. The van der Waals surface area contributed by atoms with Gasteiger partial charge < -0.3 is 21.3 Å². The van der Waals surface area contributed by atoms with Gasteiger partial charge in [0.05, 0.1) is 0 Å². The first-order valence-corrected chi connectivity index (χ1v) is 18.6. The van der Waals surface area contributed by atoms with E-state index in [-0.39, 0.29) is 11.9 Å². The van der Waals surface area contributed by atoms with E-state index in [4.69, 9.17) is 0 Å².